The van der Waals surface area contributed by atoms with E-state index in [1.54, 1.807) is 25.2 Å². The molecule has 0 amide bonds. The van der Waals surface area contributed by atoms with Crippen molar-refractivity contribution in [2.24, 2.45) is 17.4 Å². The van der Waals surface area contributed by atoms with Gasteiger partial charge in [-0.25, -0.2) is 9.67 Å². The zero-order valence-corrected chi connectivity index (χ0v) is 13.4. The number of tetrazole rings is 1. The molecule has 1 N–H and O–H groups in total. The quantitative estimate of drug-likeness (QED) is 0.413. The van der Waals surface area contributed by atoms with Crippen LogP contribution in [0.1, 0.15) is 22.8 Å². The van der Waals surface area contributed by atoms with E-state index in [0.29, 0.717) is 22.9 Å². The minimum atomic E-state index is 0.148. The Morgan fingerprint density at radius 1 is 1.20 bits per heavy atom. The molecule has 0 bridgehead atoms. The third-order valence-corrected chi connectivity index (χ3v) is 3.27. The van der Waals surface area contributed by atoms with Crippen molar-refractivity contribution in [2.45, 2.75) is 6.61 Å². The molecule has 0 aliphatic rings. The fourth-order valence-electron chi connectivity index (χ4n) is 2.12. The first-order chi connectivity index (χ1) is 12.3. The van der Waals surface area contributed by atoms with E-state index in [-0.39, 0.29) is 6.61 Å². The molecule has 9 heteroatoms. The van der Waals surface area contributed by atoms with Crippen LogP contribution in [0, 0.1) is 0 Å². The van der Waals surface area contributed by atoms with Gasteiger partial charge < -0.3 is 10.0 Å². The molecule has 0 saturated carbocycles. The third kappa shape index (κ3) is 4.02. The smallest absolute Gasteiger partial charge is 0.204 e. The van der Waals surface area contributed by atoms with Crippen LogP contribution in [-0.4, -0.2) is 42.3 Å². The van der Waals surface area contributed by atoms with Gasteiger partial charge in [-0.1, -0.05) is 46.7 Å². The van der Waals surface area contributed by atoms with Crippen LogP contribution in [0.3, 0.4) is 0 Å². The monoisotopic (exact) mass is 337 g/mol. The molecule has 3 rings (SSSR count). The molecule has 9 nitrogen and oxygen atoms in total. The fourth-order valence-corrected chi connectivity index (χ4v) is 2.12. The van der Waals surface area contributed by atoms with Gasteiger partial charge >= 0.3 is 0 Å². The average Bonchev–Trinajstić information content (AvgIpc) is 3.06. The highest BCUT2D eigenvalue weighted by atomic mass is 16.6. The van der Waals surface area contributed by atoms with Crippen LogP contribution in [0.15, 0.2) is 58.8 Å². The first kappa shape index (κ1) is 16.2. The minimum absolute atomic E-state index is 0.148. The third-order valence-electron chi connectivity index (χ3n) is 3.27. The van der Waals surface area contributed by atoms with Gasteiger partial charge in [-0.05, 0) is 22.6 Å². The first-order valence-corrected chi connectivity index (χ1v) is 7.39. The predicted octanol–water partition coefficient (Wildman–Crippen LogP) is 1.38. The van der Waals surface area contributed by atoms with E-state index in [1.807, 2.05) is 30.3 Å². The summed E-state index contributed by atoms with van der Waals surface area (Å²) in [6, 6.07) is 14.8. The van der Waals surface area contributed by atoms with Crippen molar-refractivity contribution in [2.75, 3.05) is 0 Å². The van der Waals surface area contributed by atoms with Gasteiger partial charge in [0.1, 0.15) is 0 Å². The van der Waals surface area contributed by atoms with E-state index >= 15 is 0 Å². The molecule has 0 radical (unpaired) electrons. The second-order valence-electron chi connectivity index (χ2n) is 5.00. The van der Waals surface area contributed by atoms with Crippen molar-refractivity contribution in [1.82, 2.24) is 25.2 Å². The largest absolute Gasteiger partial charge is 0.411 e. The van der Waals surface area contributed by atoms with Crippen molar-refractivity contribution in [3.05, 3.63) is 71.3 Å². The zero-order valence-electron chi connectivity index (χ0n) is 13.4. The van der Waals surface area contributed by atoms with Crippen molar-refractivity contribution in [3.63, 3.8) is 0 Å². The summed E-state index contributed by atoms with van der Waals surface area (Å²) in [5, 5.41) is 27.2. The maximum atomic E-state index is 8.57. The summed E-state index contributed by atoms with van der Waals surface area (Å²) in [5.41, 5.74) is 2.51. The molecule has 1 aromatic carbocycles. The molecular formula is C16H15N7O2. The van der Waals surface area contributed by atoms with Gasteiger partial charge in [0, 0.05) is 12.6 Å². The molecule has 25 heavy (non-hydrogen) atoms. The Morgan fingerprint density at radius 2 is 2.04 bits per heavy atom. The number of aromatic nitrogens is 5. The minimum Gasteiger partial charge on any atom is -0.411 e. The second-order valence-corrected chi connectivity index (χ2v) is 5.00. The Bertz CT molecular complexity index is 890. The summed E-state index contributed by atoms with van der Waals surface area (Å²) in [6.07, 6.45) is 1.24. The highest BCUT2D eigenvalue weighted by Crippen LogP contribution is 2.09. The average molecular weight is 337 g/mol. The Kier molecular flexibility index (Phi) is 5.05. The molecule has 2 heterocycles. The fraction of sp³-hybridized carbons (Fsp3) is 0.125. The normalized spacial score (nSPS) is 11.8. The summed E-state index contributed by atoms with van der Waals surface area (Å²) in [7, 11) is 1.73. The number of rotatable bonds is 6. The molecule has 126 valence electrons. The van der Waals surface area contributed by atoms with E-state index in [4.69, 9.17) is 10.0 Å². The van der Waals surface area contributed by atoms with Gasteiger partial charge in [0.2, 0.25) is 5.82 Å². The lowest BCUT2D eigenvalue weighted by Crippen LogP contribution is -2.12. The lowest BCUT2D eigenvalue weighted by molar-refractivity contribution is 0.128. The predicted molar refractivity (Wildman–Crippen MR) is 89.3 cm³/mol. The summed E-state index contributed by atoms with van der Waals surface area (Å²) >= 11 is 0. The van der Waals surface area contributed by atoms with Crippen molar-refractivity contribution in [3.8, 4) is 0 Å². The topological polar surface area (TPSA) is 111 Å². The van der Waals surface area contributed by atoms with Gasteiger partial charge in [0.15, 0.2) is 12.3 Å². The Hall–Kier alpha value is -3.62. The molecule has 0 saturated heterocycles. The number of aryl methyl sites for hydroxylation is 1. The van der Waals surface area contributed by atoms with Crippen LogP contribution < -0.4 is 0 Å². The summed E-state index contributed by atoms with van der Waals surface area (Å²) in [5.74, 6) is 0.486. The SMILES string of the molecule is Cn1nnnc1/C(=N/OCc1cccc(/C=N\O)n1)c1ccccc1. The molecule has 2 aromatic heterocycles. The molecule has 0 atom stereocenters. The van der Waals surface area contributed by atoms with Gasteiger partial charge in [-0.15, -0.1) is 5.10 Å². The molecule has 3 aromatic rings. The van der Waals surface area contributed by atoms with E-state index in [1.165, 1.54) is 10.9 Å². The summed E-state index contributed by atoms with van der Waals surface area (Å²) in [4.78, 5) is 9.72. The molecule has 0 unspecified atom stereocenters. The molecule has 0 spiro atoms. The highest BCUT2D eigenvalue weighted by Gasteiger charge is 2.14. The van der Waals surface area contributed by atoms with Crippen LogP contribution in [-0.2, 0) is 18.5 Å². The Balaban J connectivity index is 1.82. The van der Waals surface area contributed by atoms with Crippen molar-refractivity contribution < 1.29 is 10.0 Å². The molecule has 0 aliphatic carbocycles. The summed E-state index contributed by atoms with van der Waals surface area (Å²) in [6.45, 7) is 0.148. The lowest BCUT2D eigenvalue weighted by Gasteiger charge is -2.06. The van der Waals surface area contributed by atoms with Gasteiger partial charge in [-0.2, -0.15) is 0 Å². The Morgan fingerprint density at radius 3 is 2.76 bits per heavy atom. The zero-order chi connectivity index (χ0) is 17.5. The molecule has 0 aliphatic heterocycles. The standard InChI is InChI=1S/C16H15N7O2/c1-23-16(19-21-22-23)15(12-6-3-2-4-7-12)20-25-11-14-9-5-8-13(18-14)10-17-24/h2-10,24H,11H2,1H3/b17-10-,20-15+. The van der Waals surface area contributed by atoms with Crippen molar-refractivity contribution in [1.29, 1.82) is 0 Å². The number of hydrogen-bond acceptors (Lipinski definition) is 8. The van der Waals surface area contributed by atoms with Crippen molar-refractivity contribution >= 4 is 11.9 Å². The van der Waals surface area contributed by atoms with Gasteiger partial charge in [0.25, 0.3) is 0 Å². The molecule has 0 fully saturated rings. The first-order valence-electron chi connectivity index (χ1n) is 7.39. The number of benzene rings is 1. The van der Waals surface area contributed by atoms with Crippen LogP contribution in [0.4, 0.5) is 0 Å². The van der Waals surface area contributed by atoms with Gasteiger partial charge in [0.05, 0.1) is 17.6 Å². The van der Waals surface area contributed by atoms with E-state index in [0.717, 1.165) is 5.56 Å². The van der Waals surface area contributed by atoms with E-state index in [9.17, 15) is 0 Å². The van der Waals surface area contributed by atoms with Crippen LogP contribution in [0.5, 0.6) is 0 Å². The van der Waals surface area contributed by atoms with E-state index < -0.39 is 0 Å². The number of pyridine rings is 1. The number of oxime groups is 2. The Labute approximate surface area is 143 Å². The summed E-state index contributed by atoms with van der Waals surface area (Å²) < 4.78 is 1.52. The maximum absolute atomic E-state index is 8.57. The maximum Gasteiger partial charge on any atom is 0.204 e. The lowest BCUT2D eigenvalue weighted by atomic mass is 10.1. The number of hydrogen-bond donors (Lipinski definition) is 1. The highest BCUT2D eigenvalue weighted by molar-refractivity contribution is 6.10. The van der Waals surface area contributed by atoms with Crippen LogP contribution >= 0.6 is 0 Å². The van der Waals surface area contributed by atoms with Crippen LogP contribution in [0.2, 0.25) is 0 Å². The van der Waals surface area contributed by atoms with E-state index in [2.05, 4.69) is 30.8 Å². The van der Waals surface area contributed by atoms with Crippen LogP contribution in [0.25, 0.3) is 0 Å². The second kappa shape index (κ2) is 7.77. The molecular weight excluding hydrogens is 322 g/mol. The number of nitrogens with zero attached hydrogens (tertiary/aromatic N) is 7. The van der Waals surface area contributed by atoms with Gasteiger partial charge in [-0.3, -0.25) is 0 Å².